The van der Waals surface area contributed by atoms with Crippen molar-refractivity contribution in [1.29, 1.82) is 0 Å². The van der Waals surface area contributed by atoms with Crippen molar-refractivity contribution >= 4 is 41.5 Å². The van der Waals surface area contributed by atoms with E-state index < -0.39 is 0 Å². The van der Waals surface area contributed by atoms with Crippen molar-refractivity contribution in [3.8, 4) is 5.75 Å². The van der Waals surface area contributed by atoms with Crippen molar-refractivity contribution in [2.24, 2.45) is 0 Å². The van der Waals surface area contributed by atoms with Crippen molar-refractivity contribution < 1.29 is 9.53 Å². The summed E-state index contributed by atoms with van der Waals surface area (Å²) in [6.45, 7) is 2.33. The van der Waals surface area contributed by atoms with Crippen molar-refractivity contribution in [2.45, 2.75) is 50.6 Å². The third-order valence-corrected chi connectivity index (χ3v) is 5.97. The van der Waals surface area contributed by atoms with E-state index in [1.54, 1.807) is 18.2 Å². The number of amides is 1. The number of benzene rings is 1. The molecule has 1 aliphatic heterocycles. The summed E-state index contributed by atoms with van der Waals surface area (Å²) in [5, 5.41) is 0.979. The zero-order chi connectivity index (χ0) is 17.8. The highest BCUT2D eigenvalue weighted by atomic mass is 35.5. The van der Waals surface area contributed by atoms with Gasteiger partial charge in [-0.1, -0.05) is 36.0 Å². The summed E-state index contributed by atoms with van der Waals surface area (Å²) in [5.74, 6) is 0.495. The van der Waals surface area contributed by atoms with E-state index in [-0.39, 0.29) is 31.0 Å². The fourth-order valence-corrected chi connectivity index (χ4v) is 4.52. The van der Waals surface area contributed by atoms with E-state index in [9.17, 15) is 4.79 Å². The van der Waals surface area contributed by atoms with Gasteiger partial charge in [0.25, 0.3) is 5.91 Å². The third kappa shape index (κ3) is 5.19. The Kier molecular flexibility index (Phi) is 8.34. The van der Waals surface area contributed by atoms with Crippen LogP contribution < -0.4 is 4.74 Å². The Hall–Kier alpha value is -0.680. The maximum atomic E-state index is 12.7. The van der Waals surface area contributed by atoms with Gasteiger partial charge in [-0.15, -0.1) is 12.4 Å². The summed E-state index contributed by atoms with van der Waals surface area (Å²) in [6.07, 6.45) is 7.27. The first-order chi connectivity index (χ1) is 12.1. The van der Waals surface area contributed by atoms with Crippen LogP contribution in [0.3, 0.4) is 0 Å². The molecule has 1 heterocycles. The smallest absolute Gasteiger partial charge is 0.260 e. The molecule has 1 aliphatic carbocycles. The van der Waals surface area contributed by atoms with Crippen LogP contribution in [0.2, 0.25) is 10.0 Å². The van der Waals surface area contributed by atoms with Gasteiger partial charge in [-0.05, 0) is 57.0 Å². The first kappa shape index (κ1) is 21.6. The molecule has 146 valence electrons. The Morgan fingerprint density at radius 2 is 1.88 bits per heavy atom. The highest BCUT2D eigenvalue weighted by Gasteiger charge is 2.35. The van der Waals surface area contributed by atoms with Gasteiger partial charge in [0.15, 0.2) is 6.61 Å². The first-order valence-corrected chi connectivity index (χ1v) is 9.89. The summed E-state index contributed by atoms with van der Waals surface area (Å²) in [7, 11) is 1.91. The minimum atomic E-state index is 0. The molecule has 1 unspecified atom stereocenters. The largest absolute Gasteiger partial charge is 0.482 e. The topological polar surface area (TPSA) is 32.8 Å². The Morgan fingerprint density at radius 3 is 2.58 bits per heavy atom. The van der Waals surface area contributed by atoms with Crippen LogP contribution in [0, 0.1) is 0 Å². The van der Waals surface area contributed by atoms with Crippen LogP contribution in [0.15, 0.2) is 18.2 Å². The molecule has 1 aromatic rings. The van der Waals surface area contributed by atoms with Gasteiger partial charge in [-0.2, -0.15) is 0 Å². The zero-order valence-electron chi connectivity index (χ0n) is 15.1. The van der Waals surface area contributed by atoms with Crippen molar-refractivity contribution in [1.82, 2.24) is 9.80 Å². The average molecular weight is 422 g/mol. The molecule has 7 heteroatoms. The first-order valence-electron chi connectivity index (χ1n) is 9.14. The molecule has 1 aromatic carbocycles. The number of carbonyl (C=O) groups is 1. The number of likely N-dealkylation sites (N-methyl/N-ethyl adjacent to an activating group) is 1. The second kappa shape index (κ2) is 10.0. The molecule has 2 aliphatic rings. The van der Waals surface area contributed by atoms with E-state index in [4.69, 9.17) is 27.9 Å². The van der Waals surface area contributed by atoms with Crippen molar-refractivity contribution in [3.63, 3.8) is 0 Å². The Bertz CT molecular complexity index is 608. The van der Waals surface area contributed by atoms with Gasteiger partial charge in [-0.25, -0.2) is 0 Å². The fourth-order valence-electron chi connectivity index (χ4n) is 4.06. The highest BCUT2D eigenvalue weighted by Crippen LogP contribution is 2.30. The fraction of sp³-hybridized carbons (Fsp3) is 0.632. The van der Waals surface area contributed by atoms with Gasteiger partial charge in [0, 0.05) is 24.2 Å². The summed E-state index contributed by atoms with van der Waals surface area (Å²) in [6, 6.07) is 5.80. The molecule has 0 N–H and O–H groups in total. The van der Waals surface area contributed by atoms with E-state index >= 15 is 0 Å². The van der Waals surface area contributed by atoms with E-state index in [2.05, 4.69) is 4.90 Å². The van der Waals surface area contributed by atoms with Crippen LogP contribution in [0.5, 0.6) is 5.75 Å². The number of likely N-dealkylation sites (tertiary alicyclic amines) is 1. The summed E-state index contributed by atoms with van der Waals surface area (Å²) >= 11 is 12.0. The molecule has 0 radical (unpaired) electrons. The number of rotatable bonds is 5. The minimum absolute atomic E-state index is 0. The lowest BCUT2D eigenvalue weighted by Crippen LogP contribution is -2.53. The average Bonchev–Trinajstić information content (AvgIpc) is 3.14. The molecule has 0 spiro atoms. The second-order valence-electron chi connectivity index (χ2n) is 7.03. The van der Waals surface area contributed by atoms with Gasteiger partial charge in [0.05, 0.1) is 5.02 Å². The van der Waals surface area contributed by atoms with E-state index in [1.165, 1.54) is 45.2 Å². The molecule has 1 amide bonds. The molecular weight excluding hydrogens is 395 g/mol. The predicted octanol–water partition coefficient (Wildman–Crippen LogP) is 4.66. The van der Waals surface area contributed by atoms with E-state index in [0.29, 0.717) is 21.8 Å². The number of ether oxygens (including phenoxy) is 1. The monoisotopic (exact) mass is 420 g/mol. The van der Waals surface area contributed by atoms with Crippen LogP contribution in [0.4, 0.5) is 0 Å². The molecule has 26 heavy (non-hydrogen) atoms. The highest BCUT2D eigenvalue weighted by molar-refractivity contribution is 6.35. The van der Waals surface area contributed by atoms with Crippen LogP contribution in [-0.2, 0) is 4.79 Å². The molecule has 4 nitrogen and oxygen atoms in total. The molecule has 0 aromatic heterocycles. The Morgan fingerprint density at radius 1 is 1.19 bits per heavy atom. The second-order valence-corrected chi connectivity index (χ2v) is 7.87. The predicted molar refractivity (Wildman–Crippen MR) is 109 cm³/mol. The molecule has 1 saturated carbocycles. The van der Waals surface area contributed by atoms with Gasteiger partial charge < -0.3 is 9.64 Å². The molecule has 2 fully saturated rings. The molecule has 2 atom stereocenters. The Balaban J connectivity index is 0.00000243. The lowest BCUT2D eigenvalue weighted by molar-refractivity contribution is -0.136. The quantitative estimate of drug-likeness (QED) is 0.693. The number of hydrogen-bond acceptors (Lipinski definition) is 3. The summed E-state index contributed by atoms with van der Waals surface area (Å²) in [4.78, 5) is 17.1. The maximum absolute atomic E-state index is 12.7. The molecule has 1 saturated heterocycles. The van der Waals surface area contributed by atoms with E-state index in [1.807, 2.05) is 11.9 Å². The maximum Gasteiger partial charge on any atom is 0.260 e. The molecule has 3 rings (SSSR count). The van der Waals surface area contributed by atoms with Gasteiger partial charge >= 0.3 is 0 Å². The number of nitrogens with zero attached hydrogens (tertiary/aromatic N) is 2. The van der Waals surface area contributed by atoms with Crippen molar-refractivity contribution in [2.75, 3.05) is 26.7 Å². The van der Waals surface area contributed by atoms with Crippen LogP contribution in [0.1, 0.15) is 38.5 Å². The normalized spacial score (nSPS) is 23.3. The molecular formula is C19H27Cl3N2O2. The SMILES string of the molecule is CN(C(=O)COc1ccc(Cl)cc1Cl)C1CCCC[C@@H]1N1CCCC1.Cl. The van der Waals surface area contributed by atoms with Crippen molar-refractivity contribution in [3.05, 3.63) is 28.2 Å². The Labute approximate surface area is 172 Å². The lowest BCUT2D eigenvalue weighted by Gasteiger charge is -2.42. The lowest BCUT2D eigenvalue weighted by atomic mass is 9.88. The minimum Gasteiger partial charge on any atom is -0.482 e. The number of carbonyl (C=O) groups excluding carboxylic acids is 1. The van der Waals surface area contributed by atoms with Gasteiger partial charge in [0.1, 0.15) is 5.75 Å². The van der Waals surface area contributed by atoms with Gasteiger partial charge in [0.2, 0.25) is 0 Å². The van der Waals surface area contributed by atoms with Crippen LogP contribution in [-0.4, -0.2) is 54.5 Å². The molecule has 0 bridgehead atoms. The summed E-state index contributed by atoms with van der Waals surface area (Å²) in [5.41, 5.74) is 0. The third-order valence-electron chi connectivity index (χ3n) is 5.44. The number of hydrogen-bond donors (Lipinski definition) is 0. The van der Waals surface area contributed by atoms with E-state index in [0.717, 1.165) is 6.42 Å². The zero-order valence-corrected chi connectivity index (χ0v) is 17.5. The van der Waals surface area contributed by atoms with Crippen LogP contribution >= 0.6 is 35.6 Å². The standard InChI is InChI=1S/C19H26Cl2N2O2.ClH/c1-22(16-6-2-3-7-17(16)23-10-4-5-11-23)19(24)13-25-18-9-8-14(20)12-15(18)21;/h8-9,12,16-17H,2-7,10-11,13H2,1H3;1H/t16?,17-;/m0./s1. The number of halogens is 3. The van der Waals surface area contributed by atoms with Gasteiger partial charge in [-0.3, -0.25) is 9.69 Å². The van der Waals surface area contributed by atoms with Crippen LogP contribution in [0.25, 0.3) is 0 Å². The summed E-state index contributed by atoms with van der Waals surface area (Å²) < 4.78 is 5.63.